The molecule has 0 saturated heterocycles. The molecule has 1 fully saturated rings. The zero-order valence-corrected chi connectivity index (χ0v) is 21.4. The number of nitrogens with zero attached hydrogens (tertiary/aromatic N) is 2. The predicted molar refractivity (Wildman–Crippen MR) is 141 cm³/mol. The second kappa shape index (κ2) is 13.1. The van der Waals surface area contributed by atoms with Gasteiger partial charge in [-0.25, -0.2) is 9.37 Å². The minimum Gasteiger partial charge on any atom is -0.351 e. The fraction of sp³-hybridized carbons (Fsp3) is 0.357. The zero-order chi connectivity index (χ0) is 26.0. The molecule has 3 aromatic rings. The molecular formula is C28H31FN4O3S. The van der Waals surface area contributed by atoms with Crippen molar-refractivity contribution in [3.05, 3.63) is 82.4 Å². The van der Waals surface area contributed by atoms with Gasteiger partial charge in [0, 0.05) is 30.0 Å². The molecule has 1 atom stereocenters. The van der Waals surface area contributed by atoms with E-state index < -0.39 is 11.9 Å². The van der Waals surface area contributed by atoms with Gasteiger partial charge in [0.2, 0.25) is 17.7 Å². The maximum absolute atomic E-state index is 13.7. The molecule has 1 saturated carbocycles. The Bertz CT molecular complexity index is 1170. The van der Waals surface area contributed by atoms with Crippen LogP contribution < -0.4 is 10.6 Å². The van der Waals surface area contributed by atoms with Gasteiger partial charge in [0.15, 0.2) is 0 Å². The minimum absolute atomic E-state index is 0.0735. The van der Waals surface area contributed by atoms with Crippen LogP contribution >= 0.6 is 11.3 Å². The molecule has 37 heavy (non-hydrogen) atoms. The summed E-state index contributed by atoms with van der Waals surface area (Å²) in [5, 5.41) is 7.76. The number of carbonyl (C=O) groups is 3. The SMILES string of the molecule is O=C(CCCC(=O)N(Cc1cccs1)C(C(=O)NC1CCCC1)c1ccc(F)cc1)Nc1ccccn1. The molecule has 1 aliphatic rings. The van der Waals surface area contributed by atoms with Crippen LogP contribution in [-0.2, 0) is 20.9 Å². The number of aromatic nitrogens is 1. The number of hydrogen-bond donors (Lipinski definition) is 2. The van der Waals surface area contributed by atoms with Crippen LogP contribution in [0.1, 0.15) is 61.4 Å². The first kappa shape index (κ1) is 26.5. The molecule has 2 aromatic heterocycles. The second-order valence-corrected chi connectivity index (χ2v) is 10.2. The normalized spacial score (nSPS) is 14.2. The number of rotatable bonds is 11. The Morgan fingerprint density at radius 1 is 1.03 bits per heavy atom. The van der Waals surface area contributed by atoms with Crippen molar-refractivity contribution >= 4 is 34.9 Å². The molecule has 0 aliphatic heterocycles. The topological polar surface area (TPSA) is 91.4 Å². The highest BCUT2D eigenvalue weighted by Gasteiger charge is 2.33. The number of benzene rings is 1. The van der Waals surface area contributed by atoms with E-state index in [1.165, 1.54) is 23.5 Å². The van der Waals surface area contributed by atoms with Crippen LogP contribution in [0.25, 0.3) is 0 Å². The molecule has 3 amide bonds. The molecule has 0 radical (unpaired) electrons. The Labute approximate surface area is 220 Å². The summed E-state index contributed by atoms with van der Waals surface area (Å²) in [5.74, 6) is -0.691. The lowest BCUT2D eigenvalue weighted by Crippen LogP contribution is -2.45. The third kappa shape index (κ3) is 7.69. The van der Waals surface area contributed by atoms with Crippen LogP contribution in [0.3, 0.4) is 0 Å². The van der Waals surface area contributed by atoms with Crippen molar-refractivity contribution < 1.29 is 18.8 Å². The number of nitrogens with one attached hydrogen (secondary N) is 2. The molecule has 4 rings (SSSR count). The summed E-state index contributed by atoms with van der Waals surface area (Å²) in [6, 6.07) is 14.0. The average molecular weight is 523 g/mol. The number of thiophene rings is 1. The van der Waals surface area contributed by atoms with E-state index in [2.05, 4.69) is 15.6 Å². The maximum Gasteiger partial charge on any atom is 0.247 e. The number of halogens is 1. The van der Waals surface area contributed by atoms with E-state index in [-0.39, 0.29) is 43.1 Å². The second-order valence-electron chi connectivity index (χ2n) is 9.16. The molecule has 0 spiro atoms. The first-order chi connectivity index (χ1) is 18.0. The van der Waals surface area contributed by atoms with Crippen molar-refractivity contribution in [2.24, 2.45) is 0 Å². The molecule has 194 valence electrons. The van der Waals surface area contributed by atoms with Crippen molar-refractivity contribution in [1.29, 1.82) is 0 Å². The third-order valence-corrected chi connectivity index (χ3v) is 7.26. The lowest BCUT2D eigenvalue weighted by molar-refractivity contribution is -0.142. The summed E-state index contributed by atoms with van der Waals surface area (Å²) in [6.45, 7) is 0.247. The number of pyridine rings is 1. The highest BCUT2D eigenvalue weighted by Crippen LogP contribution is 2.28. The Morgan fingerprint density at radius 2 is 1.81 bits per heavy atom. The van der Waals surface area contributed by atoms with E-state index in [0.717, 1.165) is 30.6 Å². The minimum atomic E-state index is -0.904. The van der Waals surface area contributed by atoms with Gasteiger partial charge in [0.1, 0.15) is 17.7 Å². The lowest BCUT2D eigenvalue weighted by atomic mass is 10.0. The Balaban J connectivity index is 1.50. The molecule has 1 unspecified atom stereocenters. The quantitative estimate of drug-likeness (QED) is 0.361. The first-order valence-corrected chi connectivity index (χ1v) is 13.5. The van der Waals surface area contributed by atoms with E-state index in [1.54, 1.807) is 41.4 Å². The van der Waals surface area contributed by atoms with Gasteiger partial charge >= 0.3 is 0 Å². The van der Waals surface area contributed by atoms with Crippen LogP contribution in [0.5, 0.6) is 0 Å². The maximum atomic E-state index is 13.7. The van der Waals surface area contributed by atoms with Gasteiger partial charge in [-0.3, -0.25) is 14.4 Å². The van der Waals surface area contributed by atoms with Crippen molar-refractivity contribution in [3.63, 3.8) is 0 Å². The first-order valence-electron chi connectivity index (χ1n) is 12.6. The molecule has 1 aromatic carbocycles. The summed E-state index contributed by atoms with van der Waals surface area (Å²) in [5.41, 5.74) is 0.551. The van der Waals surface area contributed by atoms with Gasteiger partial charge in [0.25, 0.3) is 0 Å². The van der Waals surface area contributed by atoms with E-state index in [0.29, 0.717) is 17.8 Å². The third-order valence-electron chi connectivity index (χ3n) is 6.40. The fourth-order valence-corrected chi connectivity index (χ4v) is 5.25. The summed E-state index contributed by atoms with van der Waals surface area (Å²) in [6.07, 6.45) is 6.08. The summed E-state index contributed by atoms with van der Waals surface area (Å²) in [7, 11) is 0. The standard InChI is InChI=1S/C28H31FN4O3S/c29-21-15-13-20(14-16-21)27(28(36)31-22-7-1-2-8-22)33(19-23-9-6-18-37-23)26(35)12-5-11-25(34)32-24-10-3-4-17-30-24/h3-4,6,9-10,13-18,22,27H,1-2,5,7-8,11-12,19H2,(H,31,36)(H,30,32,34). The zero-order valence-electron chi connectivity index (χ0n) is 20.6. The largest absolute Gasteiger partial charge is 0.351 e. The predicted octanol–water partition coefficient (Wildman–Crippen LogP) is 5.22. The molecule has 0 bridgehead atoms. The van der Waals surface area contributed by atoms with Gasteiger partial charge < -0.3 is 15.5 Å². The van der Waals surface area contributed by atoms with Crippen LogP contribution in [0, 0.1) is 5.82 Å². The monoisotopic (exact) mass is 522 g/mol. The van der Waals surface area contributed by atoms with E-state index in [4.69, 9.17) is 0 Å². The van der Waals surface area contributed by atoms with E-state index in [9.17, 15) is 18.8 Å². The summed E-state index contributed by atoms with van der Waals surface area (Å²) < 4.78 is 13.7. The lowest BCUT2D eigenvalue weighted by Gasteiger charge is -2.32. The van der Waals surface area contributed by atoms with Crippen LogP contribution in [0.2, 0.25) is 0 Å². The average Bonchev–Trinajstić information content (AvgIpc) is 3.60. The highest BCUT2D eigenvalue weighted by atomic mass is 32.1. The van der Waals surface area contributed by atoms with Crippen molar-refractivity contribution in [2.45, 2.75) is 63.6 Å². The van der Waals surface area contributed by atoms with Crippen molar-refractivity contribution in [1.82, 2.24) is 15.2 Å². The highest BCUT2D eigenvalue weighted by molar-refractivity contribution is 7.09. The van der Waals surface area contributed by atoms with Crippen molar-refractivity contribution in [2.75, 3.05) is 5.32 Å². The van der Waals surface area contributed by atoms with Gasteiger partial charge in [-0.05, 0) is 60.5 Å². The van der Waals surface area contributed by atoms with Crippen LogP contribution in [0.4, 0.5) is 10.2 Å². The van der Waals surface area contributed by atoms with E-state index in [1.807, 2.05) is 17.5 Å². The molecule has 2 heterocycles. The van der Waals surface area contributed by atoms with E-state index >= 15 is 0 Å². The summed E-state index contributed by atoms with van der Waals surface area (Å²) >= 11 is 1.50. The van der Waals surface area contributed by atoms with Gasteiger partial charge in [-0.1, -0.05) is 37.1 Å². The molecular weight excluding hydrogens is 491 g/mol. The Kier molecular flexibility index (Phi) is 9.37. The Hall–Kier alpha value is -3.59. The Morgan fingerprint density at radius 3 is 2.49 bits per heavy atom. The number of amides is 3. The van der Waals surface area contributed by atoms with Crippen molar-refractivity contribution in [3.8, 4) is 0 Å². The number of hydrogen-bond acceptors (Lipinski definition) is 5. The van der Waals surface area contributed by atoms with Gasteiger partial charge in [-0.2, -0.15) is 0 Å². The van der Waals surface area contributed by atoms with Crippen LogP contribution in [0.15, 0.2) is 66.2 Å². The smallest absolute Gasteiger partial charge is 0.247 e. The van der Waals surface area contributed by atoms with Gasteiger partial charge in [-0.15, -0.1) is 11.3 Å². The molecule has 1 aliphatic carbocycles. The number of anilines is 1. The summed E-state index contributed by atoms with van der Waals surface area (Å²) in [4.78, 5) is 46.0. The fourth-order valence-electron chi connectivity index (χ4n) is 4.55. The molecule has 7 nitrogen and oxygen atoms in total. The molecule has 2 N–H and O–H groups in total. The number of carbonyl (C=O) groups excluding carboxylic acids is 3. The molecule has 9 heteroatoms. The van der Waals surface area contributed by atoms with Crippen LogP contribution in [-0.4, -0.2) is 33.6 Å². The van der Waals surface area contributed by atoms with Gasteiger partial charge in [0.05, 0.1) is 6.54 Å².